The Labute approximate surface area is 128 Å². The van der Waals surface area contributed by atoms with E-state index in [-0.39, 0.29) is 5.54 Å². The van der Waals surface area contributed by atoms with Gasteiger partial charge < -0.3 is 10.1 Å². The van der Waals surface area contributed by atoms with Crippen molar-refractivity contribution >= 4 is 0 Å². The molecule has 2 aliphatic heterocycles. The van der Waals surface area contributed by atoms with Gasteiger partial charge in [-0.2, -0.15) is 0 Å². The third-order valence-corrected chi connectivity index (χ3v) is 5.10. The third-order valence-electron chi connectivity index (χ3n) is 5.10. The van der Waals surface area contributed by atoms with E-state index in [1.807, 2.05) is 0 Å². The fourth-order valence-electron chi connectivity index (χ4n) is 3.60. The van der Waals surface area contributed by atoms with Gasteiger partial charge in [0.25, 0.3) is 0 Å². The minimum absolute atomic E-state index is 0.0598. The topological polar surface area (TPSA) is 24.5 Å². The van der Waals surface area contributed by atoms with E-state index in [9.17, 15) is 0 Å². The van der Waals surface area contributed by atoms with Crippen molar-refractivity contribution in [1.82, 2.24) is 10.2 Å². The smallest absolute Gasteiger partial charge is 0.0588 e. The van der Waals surface area contributed by atoms with Crippen molar-refractivity contribution in [1.29, 1.82) is 0 Å². The summed E-state index contributed by atoms with van der Waals surface area (Å²) >= 11 is 0. The first kappa shape index (κ1) is 15.0. The van der Waals surface area contributed by atoms with Gasteiger partial charge >= 0.3 is 0 Å². The lowest BCUT2D eigenvalue weighted by Gasteiger charge is -2.45. The third kappa shape index (κ3) is 3.47. The fourth-order valence-corrected chi connectivity index (χ4v) is 3.60. The molecule has 3 heteroatoms. The number of nitrogens with one attached hydrogen (secondary N) is 1. The van der Waals surface area contributed by atoms with Gasteiger partial charge in [0, 0.05) is 32.3 Å². The van der Waals surface area contributed by atoms with Crippen molar-refractivity contribution in [3.63, 3.8) is 0 Å². The molecule has 1 N–H and O–H groups in total. The Morgan fingerprint density at radius 2 is 2.14 bits per heavy atom. The van der Waals surface area contributed by atoms with Gasteiger partial charge in [0.15, 0.2) is 0 Å². The predicted octanol–water partition coefficient (Wildman–Crippen LogP) is 2.76. The van der Waals surface area contributed by atoms with Crippen LogP contribution in [0.1, 0.15) is 38.7 Å². The zero-order valence-corrected chi connectivity index (χ0v) is 13.3. The van der Waals surface area contributed by atoms with Gasteiger partial charge in [-0.15, -0.1) is 0 Å². The van der Waals surface area contributed by atoms with Crippen LogP contribution in [-0.4, -0.2) is 43.3 Å². The standard InChI is InChI=1S/C18H28N2O/c1-15-13-19-18(2,16-7-4-3-5-8-16)14-20(15)11-10-17-9-6-12-21-17/h3-5,7-8,15,17,19H,6,9-14H2,1-2H3. The van der Waals surface area contributed by atoms with E-state index < -0.39 is 0 Å². The number of hydrogen-bond donors (Lipinski definition) is 1. The highest BCUT2D eigenvalue weighted by molar-refractivity contribution is 5.25. The summed E-state index contributed by atoms with van der Waals surface area (Å²) in [5.41, 5.74) is 1.45. The largest absolute Gasteiger partial charge is 0.378 e. The molecule has 3 atom stereocenters. The SMILES string of the molecule is CC1CNC(C)(c2ccccc2)CN1CCC1CCCO1. The molecule has 116 valence electrons. The predicted molar refractivity (Wildman–Crippen MR) is 86.4 cm³/mol. The summed E-state index contributed by atoms with van der Waals surface area (Å²) in [7, 11) is 0. The van der Waals surface area contributed by atoms with E-state index in [4.69, 9.17) is 4.74 Å². The summed E-state index contributed by atoms with van der Waals surface area (Å²) in [4.78, 5) is 2.63. The highest BCUT2D eigenvalue weighted by Gasteiger charge is 2.35. The number of nitrogens with zero attached hydrogens (tertiary/aromatic N) is 1. The highest BCUT2D eigenvalue weighted by Crippen LogP contribution is 2.27. The number of hydrogen-bond acceptors (Lipinski definition) is 3. The summed E-state index contributed by atoms with van der Waals surface area (Å²) in [5.74, 6) is 0. The van der Waals surface area contributed by atoms with E-state index in [0.717, 1.165) is 26.2 Å². The fraction of sp³-hybridized carbons (Fsp3) is 0.667. The van der Waals surface area contributed by atoms with Gasteiger partial charge in [-0.1, -0.05) is 30.3 Å². The molecule has 0 aliphatic carbocycles. The molecule has 1 aromatic rings. The Morgan fingerprint density at radius 3 is 2.86 bits per heavy atom. The van der Waals surface area contributed by atoms with Gasteiger partial charge in [-0.3, -0.25) is 4.90 Å². The van der Waals surface area contributed by atoms with Crippen LogP contribution >= 0.6 is 0 Å². The van der Waals surface area contributed by atoms with Gasteiger partial charge in [0.2, 0.25) is 0 Å². The molecule has 3 nitrogen and oxygen atoms in total. The van der Waals surface area contributed by atoms with E-state index in [0.29, 0.717) is 12.1 Å². The Bertz CT molecular complexity index is 444. The molecule has 0 bridgehead atoms. The monoisotopic (exact) mass is 288 g/mol. The van der Waals surface area contributed by atoms with Crippen molar-refractivity contribution in [3.05, 3.63) is 35.9 Å². The van der Waals surface area contributed by atoms with Crippen LogP contribution in [0.25, 0.3) is 0 Å². The lowest BCUT2D eigenvalue weighted by atomic mass is 9.88. The number of benzene rings is 1. The van der Waals surface area contributed by atoms with Crippen molar-refractivity contribution in [2.75, 3.05) is 26.2 Å². The molecule has 0 amide bonds. The summed E-state index contributed by atoms with van der Waals surface area (Å²) < 4.78 is 5.77. The molecule has 3 unspecified atom stereocenters. The van der Waals surface area contributed by atoms with Crippen LogP contribution in [0.2, 0.25) is 0 Å². The van der Waals surface area contributed by atoms with Crippen LogP contribution in [0.5, 0.6) is 0 Å². The maximum absolute atomic E-state index is 5.77. The van der Waals surface area contributed by atoms with Gasteiger partial charge in [-0.05, 0) is 38.7 Å². The van der Waals surface area contributed by atoms with Crippen molar-refractivity contribution in [2.45, 2.75) is 50.8 Å². The molecule has 2 saturated heterocycles. The molecule has 1 aromatic carbocycles. The Hall–Kier alpha value is -0.900. The highest BCUT2D eigenvalue weighted by atomic mass is 16.5. The lowest BCUT2D eigenvalue weighted by Crippen LogP contribution is -2.60. The van der Waals surface area contributed by atoms with Crippen LogP contribution in [0.3, 0.4) is 0 Å². The minimum Gasteiger partial charge on any atom is -0.378 e. The first-order valence-electron chi connectivity index (χ1n) is 8.33. The number of piperazine rings is 1. The van der Waals surface area contributed by atoms with Crippen molar-refractivity contribution < 1.29 is 4.74 Å². The van der Waals surface area contributed by atoms with Crippen molar-refractivity contribution in [3.8, 4) is 0 Å². The zero-order valence-electron chi connectivity index (χ0n) is 13.3. The Morgan fingerprint density at radius 1 is 1.33 bits per heavy atom. The van der Waals surface area contributed by atoms with Crippen molar-refractivity contribution in [2.24, 2.45) is 0 Å². The van der Waals surface area contributed by atoms with Gasteiger partial charge in [-0.25, -0.2) is 0 Å². The minimum atomic E-state index is 0.0598. The van der Waals surface area contributed by atoms with E-state index >= 15 is 0 Å². The average Bonchev–Trinajstić information content (AvgIpc) is 3.03. The van der Waals surface area contributed by atoms with Crippen LogP contribution < -0.4 is 5.32 Å². The van der Waals surface area contributed by atoms with Gasteiger partial charge in [0.1, 0.15) is 0 Å². The van der Waals surface area contributed by atoms with E-state index in [1.54, 1.807) is 0 Å². The van der Waals surface area contributed by atoms with Crippen LogP contribution in [0.15, 0.2) is 30.3 Å². The summed E-state index contributed by atoms with van der Waals surface area (Å²) in [6.07, 6.45) is 4.16. The first-order chi connectivity index (χ1) is 10.2. The number of ether oxygens (including phenoxy) is 1. The lowest BCUT2D eigenvalue weighted by molar-refractivity contribution is 0.0578. The molecule has 3 rings (SSSR count). The second-order valence-corrected chi connectivity index (χ2v) is 6.82. The molecule has 0 spiro atoms. The second-order valence-electron chi connectivity index (χ2n) is 6.82. The second kappa shape index (κ2) is 6.47. The maximum Gasteiger partial charge on any atom is 0.0588 e. The molecule has 2 heterocycles. The van der Waals surface area contributed by atoms with Crippen LogP contribution in [-0.2, 0) is 10.3 Å². The van der Waals surface area contributed by atoms with Gasteiger partial charge in [0.05, 0.1) is 11.6 Å². The molecule has 2 aliphatic rings. The molecule has 0 saturated carbocycles. The quantitative estimate of drug-likeness (QED) is 0.922. The summed E-state index contributed by atoms with van der Waals surface area (Å²) in [6.45, 7) is 8.89. The normalized spacial score (nSPS) is 34.2. The molecule has 21 heavy (non-hydrogen) atoms. The van der Waals surface area contributed by atoms with E-state index in [2.05, 4.69) is 54.4 Å². The Balaban J connectivity index is 1.63. The Kier molecular flexibility index (Phi) is 4.63. The zero-order chi connectivity index (χ0) is 14.7. The maximum atomic E-state index is 5.77. The molecule has 0 radical (unpaired) electrons. The molecular formula is C18H28N2O. The first-order valence-corrected chi connectivity index (χ1v) is 8.33. The van der Waals surface area contributed by atoms with Crippen LogP contribution in [0, 0.1) is 0 Å². The molecule has 0 aromatic heterocycles. The molecular weight excluding hydrogens is 260 g/mol. The number of rotatable bonds is 4. The summed E-state index contributed by atoms with van der Waals surface area (Å²) in [6, 6.07) is 11.4. The van der Waals surface area contributed by atoms with E-state index in [1.165, 1.54) is 24.8 Å². The molecule has 2 fully saturated rings. The average molecular weight is 288 g/mol. The summed E-state index contributed by atoms with van der Waals surface area (Å²) in [5, 5.41) is 3.75. The van der Waals surface area contributed by atoms with Crippen LogP contribution in [0.4, 0.5) is 0 Å².